The highest BCUT2D eigenvalue weighted by Crippen LogP contribution is 2.48. The number of fused-ring (bicyclic) bond motifs is 2. The van der Waals surface area contributed by atoms with Gasteiger partial charge in [-0.1, -0.05) is 140 Å². The van der Waals surface area contributed by atoms with E-state index in [0.717, 1.165) is 40.9 Å². The minimum atomic E-state index is -4.42. The van der Waals surface area contributed by atoms with Crippen LogP contribution in [0.25, 0.3) is 0 Å². The number of ether oxygens (including phenoxy) is 1. The molecule has 0 N–H and O–H groups in total. The number of hydrogen-bond acceptors (Lipinski definition) is 4. The summed E-state index contributed by atoms with van der Waals surface area (Å²) in [6.45, 7) is 19.0. The molecule has 2 unspecified atom stereocenters. The molecule has 55 heavy (non-hydrogen) atoms. The number of nitriles is 1. The maximum absolute atomic E-state index is 15.1. The first-order valence-electron chi connectivity index (χ1n) is 20.2. The van der Waals surface area contributed by atoms with Crippen LogP contribution in [-0.4, -0.2) is 41.1 Å². The Morgan fingerprint density at radius 1 is 0.909 bits per heavy atom. The Morgan fingerprint density at radius 2 is 1.53 bits per heavy atom. The van der Waals surface area contributed by atoms with E-state index in [9.17, 15) is 5.26 Å². The lowest BCUT2D eigenvalue weighted by Crippen LogP contribution is -2.68. The molecule has 9 heteroatoms. The smallest absolute Gasteiger partial charge is 0.394 e. The third-order valence-corrected chi connectivity index (χ3v) is 22.0. The van der Waals surface area contributed by atoms with Gasteiger partial charge in [-0.05, 0) is 76.9 Å². The summed E-state index contributed by atoms with van der Waals surface area (Å²) in [4.78, 5) is 0. The molecule has 4 nitrogen and oxygen atoms in total. The maximum Gasteiger partial charge on any atom is 0.394 e. The summed E-state index contributed by atoms with van der Waals surface area (Å²) in [5, 5.41) is 11.5. The van der Waals surface area contributed by atoms with Crippen molar-refractivity contribution in [3.8, 4) is 11.8 Å². The summed E-state index contributed by atoms with van der Waals surface area (Å²) in [5.41, 5.74) is 1.62. The van der Waals surface area contributed by atoms with Crippen molar-refractivity contribution in [2.45, 2.75) is 141 Å². The van der Waals surface area contributed by atoms with E-state index in [-0.39, 0.29) is 40.5 Å². The molecule has 0 aromatic heterocycles. The average molecular weight is 790 g/mol. The molecular formula is C46H62F3NO3Si2. The van der Waals surface area contributed by atoms with E-state index in [1.807, 2.05) is 56.4 Å². The molecule has 2 aliphatic rings. The molecule has 0 spiro atoms. The van der Waals surface area contributed by atoms with Crippen LogP contribution >= 0.6 is 0 Å². The van der Waals surface area contributed by atoms with Gasteiger partial charge in [0, 0.05) is 18.3 Å². The highest BCUT2D eigenvalue weighted by atomic mass is 28.4. The van der Waals surface area contributed by atoms with Gasteiger partial charge in [-0.15, -0.1) is 0 Å². The molecule has 5 rings (SSSR count). The minimum Gasteiger partial charge on any atom is -0.490 e. The van der Waals surface area contributed by atoms with Gasteiger partial charge in [0.1, 0.15) is 11.9 Å². The Balaban J connectivity index is 1.67. The van der Waals surface area contributed by atoms with Crippen molar-refractivity contribution in [1.82, 2.24) is 0 Å². The first kappa shape index (κ1) is 43.0. The predicted molar refractivity (Wildman–Crippen MR) is 223 cm³/mol. The van der Waals surface area contributed by atoms with E-state index < -0.39 is 34.8 Å². The Kier molecular flexibility index (Phi) is 13.4. The molecule has 0 amide bonds. The van der Waals surface area contributed by atoms with Gasteiger partial charge in [-0.2, -0.15) is 18.4 Å². The van der Waals surface area contributed by atoms with Crippen molar-refractivity contribution in [1.29, 1.82) is 5.26 Å². The van der Waals surface area contributed by atoms with Crippen LogP contribution in [0.2, 0.25) is 23.2 Å². The first-order chi connectivity index (χ1) is 25.8. The van der Waals surface area contributed by atoms with Crippen LogP contribution < -0.4 is 15.1 Å². The van der Waals surface area contributed by atoms with E-state index in [1.54, 1.807) is 6.08 Å². The molecule has 0 radical (unpaired) electrons. The predicted octanol–water partition coefficient (Wildman–Crippen LogP) is 11.5. The number of benzene rings is 3. The second-order valence-corrected chi connectivity index (χ2v) is 27.3. The van der Waals surface area contributed by atoms with Gasteiger partial charge in [-0.25, -0.2) is 0 Å². The lowest BCUT2D eigenvalue weighted by atomic mass is 9.86. The molecule has 3 aromatic rings. The fraction of sp³-hybridized carbons (Fsp3) is 0.543. The number of unbranched alkanes of at least 4 members (excludes halogenated alkanes) is 1. The van der Waals surface area contributed by atoms with Crippen LogP contribution in [0, 0.1) is 29.1 Å². The molecule has 1 heterocycles. The standard InChI is InChI=1S/C46H62F3NO3Si2/c1-10-11-25-39(46(47,48)49)40(52-54(8,9)44(2,3)4)29-28-38-37-24-18-19-34-27-26-33(32-50)30-41(34)51-42(37)31-43(38)53-55(45(5,6)7,35-20-14-12-15-21-35)36-22-16-13-17-23-36/h12-17,20-23,26-30,37-40,42-43H,10-11,18-19,24-25,31H2,1-9H3/b29-28+/t37-,38-,39?,40?,42+,43-/m1/s1. The van der Waals surface area contributed by atoms with Crippen molar-refractivity contribution in [2.75, 3.05) is 0 Å². The van der Waals surface area contributed by atoms with Gasteiger partial charge in [-0.3, -0.25) is 0 Å². The van der Waals surface area contributed by atoms with Gasteiger partial charge in [0.2, 0.25) is 0 Å². The topological polar surface area (TPSA) is 51.5 Å². The Hall–Kier alpha value is -3.17. The molecule has 1 aliphatic carbocycles. The Morgan fingerprint density at radius 3 is 2.05 bits per heavy atom. The van der Waals surface area contributed by atoms with E-state index in [1.165, 1.54) is 0 Å². The molecule has 1 saturated carbocycles. The second-order valence-electron chi connectivity index (χ2n) is 18.3. The highest BCUT2D eigenvalue weighted by molar-refractivity contribution is 6.99. The van der Waals surface area contributed by atoms with Crippen molar-refractivity contribution in [3.05, 3.63) is 102 Å². The fourth-order valence-electron chi connectivity index (χ4n) is 8.49. The zero-order chi connectivity index (χ0) is 40.2. The molecule has 6 atom stereocenters. The van der Waals surface area contributed by atoms with Crippen LogP contribution in [0.1, 0.15) is 98.1 Å². The summed E-state index contributed by atoms with van der Waals surface area (Å²) in [6.07, 6.45) is 1.96. The van der Waals surface area contributed by atoms with Gasteiger partial charge in [0.25, 0.3) is 8.32 Å². The number of halogens is 3. The van der Waals surface area contributed by atoms with E-state index in [2.05, 4.69) is 96.1 Å². The number of nitrogens with zero attached hydrogens (tertiary/aromatic N) is 1. The third kappa shape index (κ3) is 9.52. The fourth-order valence-corrected chi connectivity index (χ4v) is 14.5. The zero-order valence-corrected chi connectivity index (χ0v) is 36.4. The summed E-state index contributed by atoms with van der Waals surface area (Å²) in [5.74, 6) is -1.13. The number of hydrogen-bond donors (Lipinski definition) is 0. The molecular weight excluding hydrogens is 728 g/mol. The van der Waals surface area contributed by atoms with Gasteiger partial charge >= 0.3 is 6.18 Å². The molecule has 1 fully saturated rings. The van der Waals surface area contributed by atoms with Crippen molar-refractivity contribution < 1.29 is 26.8 Å². The average Bonchev–Trinajstić information content (AvgIpc) is 3.41. The van der Waals surface area contributed by atoms with Gasteiger partial charge in [0.05, 0.1) is 29.8 Å². The summed E-state index contributed by atoms with van der Waals surface area (Å²) < 4.78 is 66.8. The molecule has 0 saturated heterocycles. The largest absolute Gasteiger partial charge is 0.490 e. The lowest BCUT2D eigenvalue weighted by molar-refractivity contribution is -0.194. The normalized spacial score (nSPS) is 22.2. The van der Waals surface area contributed by atoms with Crippen molar-refractivity contribution in [2.24, 2.45) is 17.8 Å². The molecule has 298 valence electrons. The monoisotopic (exact) mass is 789 g/mol. The van der Waals surface area contributed by atoms with E-state index in [4.69, 9.17) is 13.6 Å². The molecule has 0 bridgehead atoms. The van der Waals surface area contributed by atoms with Crippen LogP contribution in [0.15, 0.2) is 91.0 Å². The SMILES string of the molecule is CCCCC(C(/C=C/[C@@H]1[C@H]2CCCc3ccc(C#N)cc3O[C@H]2C[C@H]1O[Si](c1ccccc1)(c1ccccc1)C(C)(C)C)O[Si](C)(C)C(C)(C)C)C(F)(F)F. The second kappa shape index (κ2) is 17.1. The van der Waals surface area contributed by atoms with E-state index in [0.29, 0.717) is 24.8 Å². The Labute approximate surface area is 330 Å². The molecule has 1 aliphatic heterocycles. The third-order valence-electron chi connectivity index (χ3n) is 12.5. The first-order valence-corrected chi connectivity index (χ1v) is 25.1. The lowest BCUT2D eigenvalue weighted by Gasteiger charge is -2.45. The highest BCUT2D eigenvalue weighted by Gasteiger charge is 2.55. The summed E-state index contributed by atoms with van der Waals surface area (Å²) >= 11 is 0. The van der Waals surface area contributed by atoms with Crippen LogP contribution in [-0.2, 0) is 15.3 Å². The van der Waals surface area contributed by atoms with Crippen LogP contribution in [0.4, 0.5) is 13.2 Å². The van der Waals surface area contributed by atoms with Crippen LogP contribution in [0.3, 0.4) is 0 Å². The van der Waals surface area contributed by atoms with E-state index >= 15 is 13.2 Å². The van der Waals surface area contributed by atoms with Gasteiger partial charge < -0.3 is 13.6 Å². The van der Waals surface area contributed by atoms with Crippen molar-refractivity contribution >= 4 is 27.0 Å². The van der Waals surface area contributed by atoms with Crippen LogP contribution in [0.5, 0.6) is 5.75 Å². The quantitative estimate of drug-likeness (QED) is 0.135. The van der Waals surface area contributed by atoms with Gasteiger partial charge in [0.15, 0.2) is 8.32 Å². The summed E-state index contributed by atoms with van der Waals surface area (Å²) in [7, 11) is -5.68. The minimum absolute atomic E-state index is 0.00754. The number of rotatable bonds is 12. The number of alkyl halides is 3. The maximum atomic E-state index is 15.1. The Bertz CT molecular complexity index is 1740. The summed E-state index contributed by atoms with van der Waals surface area (Å²) in [6, 6.07) is 29.0. The number of aryl methyl sites for hydroxylation is 1. The van der Waals surface area contributed by atoms with Crippen molar-refractivity contribution in [3.63, 3.8) is 0 Å². The molecule has 3 aromatic carbocycles. The zero-order valence-electron chi connectivity index (χ0n) is 34.4.